The van der Waals surface area contributed by atoms with Crippen LogP contribution in [0, 0.1) is 5.41 Å². The van der Waals surface area contributed by atoms with Gasteiger partial charge >= 0.3 is 6.18 Å². The lowest BCUT2D eigenvalue weighted by Crippen LogP contribution is -2.54. The predicted octanol–water partition coefficient (Wildman–Crippen LogP) is 4.92. The summed E-state index contributed by atoms with van der Waals surface area (Å²) in [6.45, 7) is 6.46. The number of guanidine groups is 1. The highest BCUT2D eigenvalue weighted by molar-refractivity contribution is 7.90. The summed E-state index contributed by atoms with van der Waals surface area (Å²) in [6.07, 6.45) is 3.05. The topological polar surface area (TPSA) is 103 Å². The number of carbonyl (C=O) groups is 1. The number of nitrogens with zero attached hydrogens (tertiary/aromatic N) is 3. The number of ether oxygens (including phenoxy) is 1. The monoisotopic (exact) mass is 623 g/mol. The minimum absolute atomic E-state index is 0.0106. The van der Waals surface area contributed by atoms with Crippen LogP contribution in [0.1, 0.15) is 63.2 Å². The average Bonchev–Trinajstić information content (AvgIpc) is 3.75. The van der Waals surface area contributed by atoms with Gasteiger partial charge in [-0.25, -0.2) is 0 Å². The standard InChI is InChI=1S/C30H40F3N5O4S/c1-5-26-35-28(37(4)17-7-8-21(2)3)36-43(40,41)25-10-6-9-22(18-25)27(39)38(23-11-15-34-16-12-23)24(20-42-26)19-29(13-14-29)30(31,32)33/h5-10,17-18,23-24,34H,11-16,19-20H2,1-4H3,(H,35,36)/b17-7-,26-5+/t24-/m1/s1. The summed E-state index contributed by atoms with van der Waals surface area (Å²) >= 11 is 0. The van der Waals surface area contributed by atoms with Gasteiger partial charge in [-0.05, 0) is 96.3 Å². The van der Waals surface area contributed by atoms with E-state index in [-0.39, 0.29) is 54.2 Å². The molecule has 0 unspecified atom stereocenters. The highest BCUT2D eigenvalue weighted by Crippen LogP contribution is 2.61. The second-order valence-corrected chi connectivity index (χ2v) is 13.1. The van der Waals surface area contributed by atoms with E-state index in [1.807, 2.05) is 19.9 Å². The van der Waals surface area contributed by atoms with Crippen LogP contribution in [0.5, 0.6) is 0 Å². The van der Waals surface area contributed by atoms with Gasteiger partial charge in [-0.3, -0.25) is 10.1 Å². The van der Waals surface area contributed by atoms with Crippen LogP contribution in [0.3, 0.4) is 0 Å². The van der Waals surface area contributed by atoms with Crippen LogP contribution in [-0.2, 0) is 14.8 Å². The molecule has 13 heteroatoms. The highest BCUT2D eigenvalue weighted by atomic mass is 32.2. The molecule has 1 amide bonds. The zero-order valence-corrected chi connectivity index (χ0v) is 25.8. The van der Waals surface area contributed by atoms with E-state index in [2.05, 4.69) is 15.0 Å². The number of fused-ring (bicyclic) bond motifs is 2. The summed E-state index contributed by atoms with van der Waals surface area (Å²) in [5.74, 6) is -0.527. The normalized spacial score (nSPS) is 25.0. The van der Waals surface area contributed by atoms with E-state index in [9.17, 15) is 26.4 Å². The number of alkyl halides is 3. The van der Waals surface area contributed by atoms with Gasteiger partial charge in [-0.15, -0.1) is 4.40 Å². The largest absolute Gasteiger partial charge is 0.477 e. The molecule has 0 radical (unpaired) electrons. The van der Waals surface area contributed by atoms with E-state index in [0.717, 1.165) is 5.57 Å². The molecule has 0 spiro atoms. The Kier molecular flexibility index (Phi) is 9.95. The Morgan fingerprint density at radius 1 is 1.23 bits per heavy atom. The molecule has 1 atom stereocenters. The van der Waals surface area contributed by atoms with Crippen LogP contribution < -0.4 is 10.6 Å². The van der Waals surface area contributed by atoms with Gasteiger partial charge in [-0.1, -0.05) is 17.7 Å². The summed E-state index contributed by atoms with van der Waals surface area (Å²) in [5.41, 5.74) is -0.802. The number of nitrogens with one attached hydrogen (secondary N) is 2. The number of amides is 1. The molecule has 1 aromatic carbocycles. The summed E-state index contributed by atoms with van der Waals surface area (Å²) in [5, 5.41) is 6.14. The van der Waals surface area contributed by atoms with Crippen molar-refractivity contribution in [1.82, 2.24) is 20.4 Å². The summed E-state index contributed by atoms with van der Waals surface area (Å²) in [4.78, 5) is 16.9. The van der Waals surface area contributed by atoms with Crippen LogP contribution in [0.4, 0.5) is 13.2 Å². The number of rotatable bonds is 5. The van der Waals surface area contributed by atoms with Crippen molar-refractivity contribution in [3.63, 3.8) is 0 Å². The maximum Gasteiger partial charge on any atom is 0.394 e. The van der Waals surface area contributed by atoms with Crippen molar-refractivity contribution in [2.75, 3.05) is 26.7 Å². The number of benzene rings is 1. The third kappa shape index (κ3) is 7.80. The van der Waals surface area contributed by atoms with Crippen molar-refractivity contribution in [2.45, 2.75) is 76.0 Å². The molecule has 2 heterocycles. The Labute approximate surface area is 251 Å². The summed E-state index contributed by atoms with van der Waals surface area (Å²) in [6, 6.07) is 4.24. The van der Waals surface area contributed by atoms with Gasteiger partial charge in [0.15, 0.2) is 5.88 Å². The lowest BCUT2D eigenvalue weighted by molar-refractivity contribution is -0.193. The SMILES string of the molecule is C/C=C1\N/C(N(C)/C=C\C=C(C)C)=N\S(=O)(=O)c2cccc(c2)C(=O)N(C2CCNCC2)[C@H](CC2(C(F)(F)F)CC2)CO1. The van der Waals surface area contributed by atoms with Crippen molar-refractivity contribution in [1.29, 1.82) is 0 Å². The van der Waals surface area contributed by atoms with Crippen molar-refractivity contribution in [3.05, 3.63) is 65.7 Å². The molecule has 4 rings (SSSR count). The number of carbonyl (C=O) groups excluding carboxylic acids is 1. The van der Waals surface area contributed by atoms with Crippen molar-refractivity contribution in [2.24, 2.45) is 9.81 Å². The average molecular weight is 624 g/mol. The Hall–Kier alpha value is -3.32. The Morgan fingerprint density at radius 2 is 1.93 bits per heavy atom. The van der Waals surface area contributed by atoms with Crippen LogP contribution in [0.25, 0.3) is 0 Å². The van der Waals surface area contributed by atoms with Crippen LogP contribution in [0.2, 0.25) is 0 Å². The fourth-order valence-electron chi connectivity index (χ4n) is 5.36. The molecule has 9 nitrogen and oxygen atoms in total. The maximum atomic E-state index is 14.2. The van der Waals surface area contributed by atoms with Crippen LogP contribution in [0.15, 0.2) is 69.4 Å². The van der Waals surface area contributed by atoms with Gasteiger partial charge in [0.25, 0.3) is 15.9 Å². The third-order valence-electron chi connectivity index (χ3n) is 8.00. The molecule has 236 valence electrons. The van der Waals surface area contributed by atoms with E-state index in [0.29, 0.717) is 25.9 Å². The molecule has 2 N–H and O–H groups in total. The third-order valence-corrected chi connectivity index (χ3v) is 9.26. The van der Waals surface area contributed by atoms with Gasteiger partial charge in [0.2, 0.25) is 5.96 Å². The van der Waals surface area contributed by atoms with Gasteiger partial charge in [0.1, 0.15) is 6.61 Å². The molecular formula is C30H40F3N5O4S. The number of allylic oxidation sites excluding steroid dienone is 4. The summed E-state index contributed by atoms with van der Waals surface area (Å²) in [7, 11) is -2.72. The minimum Gasteiger partial charge on any atom is -0.477 e. The van der Waals surface area contributed by atoms with Crippen LogP contribution in [-0.4, -0.2) is 75.1 Å². The van der Waals surface area contributed by atoms with E-state index in [4.69, 9.17) is 4.74 Å². The lowest BCUT2D eigenvalue weighted by Gasteiger charge is -2.41. The van der Waals surface area contributed by atoms with E-state index in [1.54, 1.807) is 32.3 Å². The molecule has 43 heavy (non-hydrogen) atoms. The highest BCUT2D eigenvalue weighted by Gasteiger charge is 2.64. The number of sulfonamides is 1. The Morgan fingerprint density at radius 3 is 2.53 bits per heavy atom. The quantitative estimate of drug-likeness (QED) is 0.449. The van der Waals surface area contributed by atoms with Gasteiger partial charge in [0.05, 0.1) is 16.4 Å². The fourth-order valence-corrected chi connectivity index (χ4v) is 6.39. The molecule has 1 aliphatic carbocycles. The van der Waals surface area contributed by atoms with Crippen molar-refractivity contribution >= 4 is 21.9 Å². The molecule has 2 fully saturated rings. The number of piperidine rings is 1. The molecule has 2 aliphatic heterocycles. The smallest absolute Gasteiger partial charge is 0.394 e. The molecule has 2 bridgehead atoms. The second-order valence-electron chi connectivity index (χ2n) is 11.5. The molecule has 3 aliphatic rings. The van der Waals surface area contributed by atoms with E-state index < -0.39 is 33.6 Å². The first-order chi connectivity index (χ1) is 20.3. The Balaban J connectivity index is 1.83. The van der Waals surface area contributed by atoms with E-state index in [1.165, 1.54) is 34.1 Å². The molecule has 1 saturated heterocycles. The zero-order valence-electron chi connectivity index (χ0n) is 24.9. The maximum absolute atomic E-state index is 14.2. The van der Waals surface area contributed by atoms with Gasteiger partial charge in [0, 0.05) is 24.9 Å². The number of hydrogen-bond acceptors (Lipinski definition) is 7. The fraction of sp³-hybridized carbons (Fsp3) is 0.533. The first kappa shape index (κ1) is 32.6. The van der Waals surface area contributed by atoms with Gasteiger partial charge < -0.3 is 19.9 Å². The summed E-state index contributed by atoms with van der Waals surface area (Å²) < 4.78 is 79.8. The van der Waals surface area contributed by atoms with Gasteiger partial charge in [-0.2, -0.15) is 21.6 Å². The minimum atomic E-state index is -4.42. The van der Waals surface area contributed by atoms with Crippen LogP contribution >= 0.6 is 0 Å². The zero-order chi connectivity index (χ0) is 31.4. The second kappa shape index (κ2) is 13.1. The molecular weight excluding hydrogens is 583 g/mol. The molecule has 0 aromatic heterocycles. The molecule has 1 aromatic rings. The van der Waals surface area contributed by atoms with E-state index >= 15 is 0 Å². The number of hydrogen-bond donors (Lipinski definition) is 2. The first-order valence-corrected chi connectivity index (χ1v) is 15.9. The first-order valence-electron chi connectivity index (χ1n) is 14.4. The molecule has 1 saturated carbocycles. The number of halogens is 3. The van der Waals surface area contributed by atoms with Crippen molar-refractivity contribution in [3.8, 4) is 0 Å². The predicted molar refractivity (Wildman–Crippen MR) is 158 cm³/mol. The Bertz CT molecular complexity index is 1410. The lowest BCUT2D eigenvalue weighted by atomic mass is 9.92. The van der Waals surface area contributed by atoms with Crippen molar-refractivity contribution < 1.29 is 31.1 Å².